The predicted molar refractivity (Wildman–Crippen MR) is 142 cm³/mol. The number of aliphatic hydroxyl groups excluding tert-OH is 1. The van der Waals surface area contributed by atoms with E-state index in [2.05, 4.69) is 9.80 Å². The van der Waals surface area contributed by atoms with Gasteiger partial charge in [-0.2, -0.15) is 0 Å². The average Bonchev–Trinajstić information content (AvgIpc) is 2.84. The third-order valence-corrected chi connectivity index (χ3v) is 7.98. The maximum atomic E-state index is 12.8. The van der Waals surface area contributed by atoms with Crippen molar-refractivity contribution in [3.05, 3.63) is 83.4 Å². The Morgan fingerprint density at radius 2 is 1.43 bits per heavy atom. The lowest BCUT2D eigenvalue weighted by Gasteiger charge is -2.36. The van der Waals surface area contributed by atoms with Crippen LogP contribution in [0.15, 0.2) is 82.6 Å². The van der Waals surface area contributed by atoms with E-state index >= 15 is 0 Å². The lowest BCUT2D eigenvalue weighted by Crippen LogP contribution is -2.49. The molecule has 1 fully saturated rings. The van der Waals surface area contributed by atoms with Crippen LogP contribution in [0, 0.1) is 6.92 Å². The van der Waals surface area contributed by atoms with Gasteiger partial charge in [-0.15, -0.1) is 12.4 Å². The van der Waals surface area contributed by atoms with Gasteiger partial charge in [0.05, 0.1) is 9.79 Å². The van der Waals surface area contributed by atoms with Gasteiger partial charge in [-0.3, -0.25) is 4.90 Å². The molecule has 1 N–H and O–H groups in total. The molecule has 0 aliphatic carbocycles. The number of benzene rings is 3. The summed E-state index contributed by atoms with van der Waals surface area (Å²) in [5.74, 6) is 0.523. The molecule has 6 nitrogen and oxygen atoms in total. The van der Waals surface area contributed by atoms with Crippen LogP contribution in [0.4, 0.5) is 5.69 Å². The van der Waals surface area contributed by atoms with E-state index in [4.69, 9.17) is 16.3 Å². The summed E-state index contributed by atoms with van der Waals surface area (Å²) >= 11 is 5.97. The molecule has 1 atom stereocenters. The third-order valence-electron chi connectivity index (χ3n) is 5.94. The highest BCUT2D eigenvalue weighted by Gasteiger charge is 2.20. The van der Waals surface area contributed by atoms with E-state index < -0.39 is 15.9 Å². The Labute approximate surface area is 218 Å². The van der Waals surface area contributed by atoms with E-state index in [1.807, 2.05) is 31.2 Å². The normalized spacial score (nSPS) is 15.3. The fraction of sp³-hybridized carbons (Fsp3) is 0.308. The quantitative estimate of drug-likeness (QED) is 0.458. The SMILES string of the molecule is Cc1ccc(S(=O)(=O)c2ccc(OCC(O)CN3CCN(c4ccc(Cl)cc4)CC3)cc2)cc1.Cl. The van der Waals surface area contributed by atoms with Gasteiger partial charge in [0.15, 0.2) is 0 Å². The summed E-state index contributed by atoms with van der Waals surface area (Å²) in [5.41, 5.74) is 2.16. The van der Waals surface area contributed by atoms with Crippen molar-refractivity contribution >= 4 is 39.5 Å². The van der Waals surface area contributed by atoms with Crippen molar-refractivity contribution in [1.29, 1.82) is 0 Å². The number of β-amino-alcohol motifs (C(OH)–C–C–N with tert-alkyl or cyclic N) is 1. The number of hydrogen-bond donors (Lipinski definition) is 1. The molecule has 0 bridgehead atoms. The Morgan fingerprint density at radius 3 is 2.00 bits per heavy atom. The van der Waals surface area contributed by atoms with Crippen LogP contribution >= 0.6 is 24.0 Å². The number of ether oxygens (including phenoxy) is 1. The van der Waals surface area contributed by atoms with Gasteiger partial charge in [-0.1, -0.05) is 29.3 Å². The number of nitrogens with zero attached hydrogens (tertiary/aromatic N) is 2. The summed E-state index contributed by atoms with van der Waals surface area (Å²) in [6.45, 7) is 6.04. The maximum absolute atomic E-state index is 12.8. The first-order valence-electron chi connectivity index (χ1n) is 11.3. The predicted octanol–water partition coefficient (Wildman–Crippen LogP) is 4.46. The first kappa shape index (κ1) is 27.3. The molecule has 3 aromatic carbocycles. The molecule has 4 rings (SSSR count). The number of aliphatic hydroxyl groups is 1. The molecule has 0 amide bonds. The summed E-state index contributed by atoms with van der Waals surface area (Å²) in [7, 11) is -3.57. The fourth-order valence-corrected chi connectivity index (χ4v) is 5.34. The van der Waals surface area contributed by atoms with Crippen LogP contribution in [0.1, 0.15) is 5.56 Å². The summed E-state index contributed by atoms with van der Waals surface area (Å²) in [6.07, 6.45) is -0.641. The van der Waals surface area contributed by atoms with E-state index in [9.17, 15) is 13.5 Å². The number of aryl methyl sites for hydroxylation is 1. The average molecular weight is 538 g/mol. The van der Waals surface area contributed by atoms with Crippen molar-refractivity contribution in [3.63, 3.8) is 0 Å². The second-order valence-electron chi connectivity index (χ2n) is 8.52. The van der Waals surface area contributed by atoms with Gasteiger partial charge in [0.2, 0.25) is 9.84 Å². The van der Waals surface area contributed by atoms with Crippen LogP contribution < -0.4 is 9.64 Å². The van der Waals surface area contributed by atoms with E-state index in [1.165, 1.54) is 12.1 Å². The second-order valence-corrected chi connectivity index (χ2v) is 10.9. The lowest BCUT2D eigenvalue weighted by molar-refractivity contribution is 0.0663. The van der Waals surface area contributed by atoms with Gasteiger partial charge in [0.25, 0.3) is 0 Å². The van der Waals surface area contributed by atoms with E-state index in [0.29, 0.717) is 12.3 Å². The monoisotopic (exact) mass is 536 g/mol. The molecule has 1 aliphatic rings. The summed E-state index contributed by atoms with van der Waals surface area (Å²) in [5, 5.41) is 11.2. The van der Waals surface area contributed by atoms with Gasteiger partial charge in [-0.25, -0.2) is 8.42 Å². The van der Waals surface area contributed by atoms with Crippen molar-refractivity contribution in [1.82, 2.24) is 4.90 Å². The van der Waals surface area contributed by atoms with Crippen molar-refractivity contribution in [3.8, 4) is 5.75 Å². The standard InChI is InChI=1S/C26H29ClN2O4S.ClH/c1-20-2-10-25(11-3-20)34(31,32)26-12-8-24(9-13-26)33-19-23(30)18-28-14-16-29(17-15-28)22-6-4-21(27)5-7-22;/h2-13,23,30H,14-19H2,1H3;1H. The molecule has 3 aromatic rings. The number of sulfone groups is 1. The Balaban J connectivity index is 0.00000342. The molecular weight excluding hydrogens is 507 g/mol. The van der Waals surface area contributed by atoms with Crippen LogP contribution in [-0.4, -0.2) is 63.9 Å². The highest BCUT2D eigenvalue weighted by molar-refractivity contribution is 7.91. The molecule has 1 saturated heterocycles. The summed E-state index contributed by atoms with van der Waals surface area (Å²) < 4.78 is 31.3. The highest BCUT2D eigenvalue weighted by atomic mass is 35.5. The largest absolute Gasteiger partial charge is 0.491 e. The minimum absolute atomic E-state index is 0. The zero-order chi connectivity index (χ0) is 24.1. The van der Waals surface area contributed by atoms with Crippen LogP contribution in [0.25, 0.3) is 0 Å². The van der Waals surface area contributed by atoms with Crippen LogP contribution in [0.3, 0.4) is 0 Å². The zero-order valence-electron chi connectivity index (χ0n) is 19.5. The van der Waals surface area contributed by atoms with E-state index in [1.54, 1.807) is 36.4 Å². The van der Waals surface area contributed by atoms with Gasteiger partial charge in [0.1, 0.15) is 18.5 Å². The van der Waals surface area contributed by atoms with Crippen molar-refractivity contribution in [2.45, 2.75) is 22.8 Å². The molecule has 0 radical (unpaired) electrons. The molecule has 1 heterocycles. The summed E-state index contributed by atoms with van der Waals surface area (Å²) in [6, 6.07) is 20.9. The molecule has 1 aliphatic heterocycles. The number of piperazine rings is 1. The molecular formula is C26H30Cl2N2O4S. The second kappa shape index (κ2) is 12.1. The first-order valence-corrected chi connectivity index (χ1v) is 13.1. The highest BCUT2D eigenvalue weighted by Crippen LogP contribution is 2.24. The maximum Gasteiger partial charge on any atom is 0.206 e. The smallest absolute Gasteiger partial charge is 0.206 e. The molecule has 0 aromatic heterocycles. The van der Waals surface area contributed by atoms with E-state index in [0.717, 1.165) is 42.5 Å². The minimum atomic E-state index is -3.57. The fourth-order valence-electron chi connectivity index (χ4n) is 3.95. The topological polar surface area (TPSA) is 70.1 Å². The van der Waals surface area contributed by atoms with Crippen molar-refractivity contribution < 1.29 is 18.3 Å². The number of anilines is 1. The van der Waals surface area contributed by atoms with Gasteiger partial charge in [-0.05, 0) is 67.6 Å². The minimum Gasteiger partial charge on any atom is -0.491 e. The third kappa shape index (κ3) is 7.12. The Kier molecular flexibility index (Phi) is 9.44. The van der Waals surface area contributed by atoms with Crippen LogP contribution in [-0.2, 0) is 9.84 Å². The number of halogens is 2. The Bertz CT molecular complexity index is 1180. The number of rotatable bonds is 8. The molecule has 0 saturated carbocycles. The number of hydrogen-bond acceptors (Lipinski definition) is 6. The first-order chi connectivity index (χ1) is 16.3. The van der Waals surface area contributed by atoms with E-state index in [-0.39, 0.29) is 28.8 Å². The Hall–Kier alpha value is -2.29. The van der Waals surface area contributed by atoms with Gasteiger partial charge < -0.3 is 14.7 Å². The van der Waals surface area contributed by atoms with Crippen molar-refractivity contribution in [2.75, 3.05) is 44.2 Å². The molecule has 0 spiro atoms. The lowest BCUT2D eigenvalue weighted by atomic mass is 10.2. The van der Waals surface area contributed by atoms with Crippen LogP contribution in [0.2, 0.25) is 5.02 Å². The van der Waals surface area contributed by atoms with Crippen molar-refractivity contribution in [2.24, 2.45) is 0 Å². The molecule has 188 valence electrons. The van der Waals surface area contributed by atoms with Crippen LogP contribution in [0.5, 0.6) is 5.75 Å². The molecule has 35 heavy (non-hydrogen) atoms. The molecule has 9 heteroatoms. The van der Waals surface area contributed by atoms with Gasteiger partial charge >= 0.3 is 0 Å². The summed E-state index contributed by atoms with van der Waals surface area (Å²) in [4.78, 5) is 5.00. The molecule has 1 unspecified atom stereocenters. The Morgan fingerprint density at radius 1 is 0.886 bits per heavy atom. The van der Waals surface area contributed by atoms with Gasteiger partial charge in [0, 0.05) is 43.4 Å². The zero-order valence-corrected chi connectivity index (χ0v) is 21.9.